The molecule has 10 heteroatoms. The largest absolute Gasteiger partial charge is 0.495 e. The Morgan fingerprint density at radius 2 is 1.87 bits per heavy atom. The van der Waals surface area contributed by atoms with Crippen LogP contribution in [0.4, 0.5) is 21.3 Å². The third-order valence-electron chi connectivity index (χ3n) is 4.29. The molecule has 2 aromatic carbocycles. The molecule has 1 aromatic heterocycles. The number of fused-ring (bicyclic) bond motifs is 1. The van der Waals surface area contributed by atoms with Crippen LogP contribution >= 0.6 is 11.3 Å². The number of nitrogens with zero attached hydrogens (tertiary/aromatic N) is 1. The molecule has 0 radical (unpaired) electrons. The summed E-state index contributed by atoms with van der Waals surface area (Å²) in [5.41, 5.74) is 1.70. The van der Waals surface area contributed by atoms with Crippen molar-refractivity contribution in [2.45, 2.75) is 6.42 Å². The lowest BCUT2D eigenvalue weighted by Gasteiger charge is -2.18. The van der Waals surface area contributed by atoms with E-state index in [1.54, 1.807) is 41.8 Å². The highest BCUT2D eigenvalue weighted by Gasteiger charge is 2.14. The molecule has 1 aliphatic heterocycles. The van der Waals surface area contributed by atoms with Gasteiger partial charge in [-0.2, -0.15) is 0 Å². The van der Waals surface area contributed by atoms with E-state index in [4.69, 9.17) is 14.2 Å². The summed E-state index contributed by atoms with van der Waals surface area (Å²) in [4.78, 5) is 28.9. The summed E-state index contributed by atoms with van der Waals surface area (Å²) in [6.45, 7) is 0.986. The van der Waals surface area contributed by atoms with Crippen molar-refractivity contribution in [1.29, 1.82) is 0 Å². The number of para-hydroxylation sites is 2. The van der Waals surface area contributed by atoms with Crippen LogP contribution in [-0.2, 0) is 11.2 Å². The summed E-state index contributed by atoms with van der Waals surface area (Å²) >= 11 is 1.23. The van der Waals surface area contributed by atoms with Gasteiger partial charge < -0.3 is 24.8 Å². The number of rotatable bonds is 6. The second-order valence-corrected chi connectivity index (χ2v) is 7.36. The molecule has 3 amide bonds. The van der Waals surface area contributed by atoms with Crippen LogP contribution in [-0.4, -0.2) is 37.2 Å². The number of carbonyl (C=O) groups is 2. The van der Waals surface area contributed by atoms with Gasteiger partial charge in [-0.05, 0) is 24.3 Å². The zero-order chi connectivity index (χ0) is 21.6. The fraction of sp³-hybridized carbons (Fsp3) is 0.190. The van der Waals surface area contributed by atoms with E-state index in [2.05, 4.69) is 20.9 Å². The van der Waals surface area contributed by atoms with Gasteiger partial charge in [0.15, 0.2) is 16.6 Å². The van der Waals surface area contributed by atoms with Gasteiger partial charge in [0.05, 0.1) is 24.9 Å². The molecule has 2 heterocycles. The standard InChI is InChI=1S/C21H20N4O5S/c1-28-16-5-3-2-4-15(16)24-20(27)25-21-23-14(12-31-21)11-19(26)22-13-6-7-17-18(10-13)30-9-8-29-17/h2-7,10,12H,8-9,11H2,1H3,(H,22,26)(H2,23,24,25,27). The Labute approximate surface area is 182 Å². The first-order chi connectivity index (χ1) is 15.1. The molecular formula is C21H20N4O5S. The Morgan fingerprint density at radius 1 is 1.06 bits per heavy atom. The first kappa shape index (κ1) is 20.5. The third kappa shape index (κ3) is 5.23. The molecule has 0 saturated heterocycles. The summed E-state index contributed by atoms with van der Waals surface area (Å²) in [6.07, 6.45) is 0.0702. The van der Waals surface area contributed by atoms with Crippen molar-refractivity contribution in [3.05, 3.63) is 53.5 Å². The van der Waals surface area contributed by atoms with E-state index in [0.717, 1.165) is 0 Å². The number of methoxy groups -OCH3 is 1. The van der Waals surface area contributed by atoms with Crippen LogP contribution in [0.25, 0.3) is 0 Å². The van der Waals surface area contributed by atoms with Gasteiger partial charge in [0.1, 0.15) is 19.0 Å². The predicted octanol–water partition coefficient (Wildman–Crippen LogP) is 3.75. The van der Waals surface area contributed by atoms with Gasteiger partial charge in [-0.1, -0.05) is 12.1 Å². The number of amides is 3. The molecule has 0 atom stereocenters. The van der Waals surface area contributed by atoms with Gasteiger partial charge in [-0.25, -0.2) is 9.78 Å². The zero-order valence-electron chi connectivity index (χ0n) is 16.6. The first-order valence-electron chi connectivity index (χ1n) is 9.45. The smallest absolute Gasteiger partial charge is 0.325 e. The molecular weight excluding hydrogens is 420 g/mol. The number of ether oxygens (including phenoxy) is 3. The highest BCUT2D eigenvalue weighted by atomic mass is 32.1. The number of anilines is 3. The number of hydrogen-bond donors (Lipinski definition) is 3. The minimum Gasteiger partial charge on any atom is -0.495 e. The minimum absolute atomic E-state index is 0.0702. The second kappa shape index (κ2) is 9.35. The fourth-order valence-corrected chi connectivity index (χ4v) is 3.64. The molecule has 0 bridgehead atoms. The summed E-state index contributed by atoms with van der Waals surface area (Å²) in [5, 5.41) is 10.3. The Hall–Kier alpha value is -3.79. The Balaban J connectivity index is 1.31. The highest BCUT2D eigenvalue weighted by molar-refractivity contribution is 7.14. The van der Waals surface area contributed by atoms with E-state index >= 15 is 0 Å². The quantitative estimate of drug-likeness (QED) is 0.538. The fourth-order valence-electron chi connectivity index (χ4n) is 2.93. The summed E-state index contributed by atoms with van der Waals surface area (Å²) in [5.74, 6) is 1.58. The maximum Gasteiger partial charge on any atom is 0.325 e. The van der Waals surface area contributed by atoms with E-state index in [9.17, 15) is 9.59 Å². The molecule has 0 unspecified atom stereocenters. The molecule has 0 aliphatic carbocycles. The molecule has 3 N–H and O–H groups in total. The molecule has 0 fully saturated rings. The van der Waals surface area contributed by atoms with Gasteiger partial charge in [-0.3, -0.25) is 10.1 Å². The van der Waals surface area contributed by atoms with Crippen molar-refractivity contribution in [1.82, 2.24) is 4.98 Å². The maximum absolute atomic E-state index is 12.4. The number of benzene rings is 2. The number of nitrogens with one attached hydrogen (secondary N) is 3. The SMILES string of the molecule is COc1ccccc1NC(=O)Nc1nc(CC(=O)Nc2ccc3c(c2)OCCO3)cs1. The van der Waals surface area contributed by atoms with Crippen LogP contribution < -0.4 is 30.2 Å². The second-order valence-electron chi connectivity index (χ2n) is 6.51. The monoisotopic (exact) mass is 440 g/mol. The lowest BCUT2D eigenvalue weighted by atomic mass is 10.2. The Bertz CT molecular complexity index is 1100. The number of aromatic nitrogens is 1. The molecule has 0 spiro atoms. The normalized spacial score (nSPS) is 12.0. The molecule has 31 heavy (non-hydrogen) atoms. The summed E-state index contributed by atoms with van der Waals surface area (Å²) < 4.78 is 16.2. The molecule has 9 nitrogen and oxygen atoms in total. The Morgan fingerprint density at radius 3 is 2.71 bits per heavy atom. The number of urea groups is 1. The van der Waals surface area contributed by atoms with Crippen molar-refractivity contribution < 1.29 is 23.8 Å². The van der Waals surface area contributed by atoms with Crippen molar-refractivity contribution in [2.75, 3.05) is 36.3 Å². The van der Waals surface area contributed by atoms with E-state index in [1.165, 1.54) is 18.4 Å². The minimum atomic E-state index is -0.453. The molecule has 160 valence electrons. The maximum atomic E-state index is 12.4. The topological polar surface area (TPSA) is 111 Å². The van der Waals surface area contributed by atoms with Gasteiger partial charge in [-0.15, -0.1) is 11.3 Å². The third-order valence-corrected chi connectivity index (χ3v) is 5.10. The van der Waals surface area contributed by atoms with Crippen LogP contribution in [0, 0.1) is 0 Å². The molecule has 3 aromatic rings. The highest BCUT2D eigenvalue weighted by Crippen LogP contribution is 2.32. The van der Waals surface area contributed by atoms with Gasteiger partial charge >= 0.3 is 6.03 Å². The van der Waals surface area contributed by atoms with Gasteiger partial charge in [0.2, 0.25) is 5.91 Å². The average Bonchev–Trinajstić information content (AvgIpc) is 3.20. The van der Waals surface area contributed by atoms with Crippen LogP contribution in [0.3, 0.4) is 0 Å². The van der Waals surface area contributed by atoms with E-state index in [0.29, 0.717) is 52.7 Å². The van der Waals surface area contributed by atoms with Crippen LogP contribution in [0.2, 0.25) is 0 Å². The summed E-state index contributed by atoms with van der Waals surface area (Å²) in [7, 11) is 1.53. The van der Waals surface area contributed by atoms with E-state index in [1.807, 2.05) is 6.07 Å². The van der Waals surface area contributed by atoms with E-state index < -0.39 is 6.03 Å². The Kier molecular flexibility index (Phi) is 6.18. The lowest BCUT2D eigenvalue weighted by Crippen LogP contribution is -2.20. The van der Waals surface area contributed by atoms with Crippen LogP contribution in [0.5, 0.6) is 17.2 Å². The average molecular weight is 440 g/mol. The van der Waals surface area contributed by atoms with Crippen LogP contribution in [0.1, 0.15) is 5.69 Å². The molecule has 0 saturated carbocycles. The molecule has 4 rings (SSSR count). The van der Waals surface area contributed by atoms with Gasteiger partial charge in [0.25, 0.3) is 0 Å². The van der Waals surface area contributed by atoms with Crippen molar-refractivity contribution in [3.63, 3.8) is 0 Å². The van der Waals surface area contributed by atoms with Gasteiger partial charge in [0, 0.05) is 17.1 Å². The lowest BCUT2D eigenvalue weighted by molar-refractivity contribution is -0.115. The predicted molar refractivity (Wildman–Crippen MR) is 118 cm³/mol. The molecule has 1 aliphatic rings. The van der Waals surface area contributed by atoms with Crippen LogP contribution in [0.15, 0.2) is 47.8 Å². The zero-order valence-corrected chi connectivity index (χ0v) is 17.5. The number of carbonyl (C=O) groups excluding carboxylic acids is 2. The van der Waals surface area contributed by atoms with Crippen molar-refractivity contribution >= 4 is 39.8 Å². The van der Waals surface area contributed by atoms with E-state index in [-0.39, 0.29) is 12.3 Å². The number of thiazole rings is 1. The summed E-state index contributed by atoms with van der Waals surface area (Å²) in [6, 6.07) is 11.9. The first-order valence-corrected chi connectivity index (χ1v) is 10.3. The van der Waals surface area contributed by atoms with Crippen molar-refractivity contribution in [2.24, 2.45) is 0 Å². The number of hydrogen-bond acceptors (Lipinski definition) is 7. The van der Waals surface area contributed by atoms with Crippen molar-refractivity contribution in [3.8, 4) is 17.2 Å².